The van der Waals surface area contributed by atoms with E-state index in [0.29, 0.717) is 25.6 Å². The van der Waals surface area contributed by atoms with Crippen molar-refractivity contribution in [3.8, 4) is 0 Å². The SMILES string of the molecule is CN=C(NCCN1C(=O)C2C3C=CC(C3)C2C1=O)NCc1ccc2c(c1)CCC2. The Morgan fingerprint density at radius 2 is 1.79 bits per heavy atom. The summed E-state index contributed by atoms with van der Waals surface area (Å²) in [6.45, 7) is 1.60. The van der Waals surface area contributed by atoms with Crippen molar-refractivity contribution in [3.05, 3.63) is 47.0 Å². The van der Waals surface area contributed by atoms with E-state index in [2.05, 4.69) is 46.0 Å². The number of rotatable bonds is 5. The van der Waals surface area contributed by atoms with E-state index >= 15 is 0 Å². The number of imide groups is 1. The maximum absolute atomic E-state index is 12.7. The molecule has 4 aliphatic rings. The molecule has 3 aliphatic carbocycles. The van der Waals surface area contributed by atoms with E-state index in [-0.39, 0.29) is 35.5 Å². The Morgan fingerprint density at radius 1 is 1.07 bits per heavy atom. The first-order chi connectivity index (χ1) is 14.2. The lowest BCUT2D eigenvalue weighted by Crippen LogP contribution is -2.43. The first kappa shape index (κ1) is 18.4. The first-order valence-electron chi connectivity index (χ1n) is 10.7. The molecule has 1 aliphatic heterocycles. The standard InChI is InChI=1S/C23H28N4O2/c1-24-23(26-13-14-5-6-15-3-2-4-16(15)11-14)25-9-10-27-21(28)19-17-7-8-18(12-17)20(19)22(27)29/h5-8,11,17-20H,2-4,9-10,12-13H2,1H3,(H2,24,25,26). The summed E-state index contributed by atoms with van der Waals surface area (Å²) >= 11 is 0. The Labute approximate surface area is 171 Å². The number of allylic oxidation sites excluding steroid dienone is 2. The molecule has 4 unspecified atom stereocenters. The predicted octanol–water partition coefficient (Wildman–Crippen LogP) is 1.65. The Hall–Kier alpha value is -2.63. The summed E-state index contributed by atoms with van der Waals surface area (Å²) < 4.78 is 0. The van der Waals surface area contributed by atoms with E-state index in [0.717, 1.165) is 6.42 Å². The molecule has 29 heavy (non-hydrogen) atoms. The zero-order chi connectivity index (χ0) is 20.0. The lowest BCUT2D eigenvalue weighted by Gasteiger charge is -2.18. The van der Waals surface area contributed by atoms with E-state index in [4.69, 9.17) is 0 Å². The topological polar surface area (TPSA) is 73.8 Å². The number of nitrogens with one attached hydrogen (secondary N) is 2. The molecule has 1 aromatic rings. The van der Waals surface area contributed by atoms with Gasteiger partial charge in [0, 0.05) is 26.7 Å². The second kappa shape index (κ2) is 7.32. The Balaban J connectivity index is 1.12. The number of aliphatic imine (C=N–C) groups is 1. The molecule has 6 heteroatoms. The maximum Gasteiger partial charge on any atom is 0.233 e. The van der Waals surface area contributed by atoms with E-state index in [1.165, 1.54) is 40.9 Å². The van der Waals surface area contributed by atoms with Crippen LogP contribution >= 0.6 is 0 Å². The highest BCUT2D eigenvalue weighted by Gasteiger charge is 2.58. The quantitative estimate of drug-likeness (QED) is 0.346. The van der Waals surface area contributed by atoms with Crippen molar-refractivity contribution in [2.45, 2.75) is 32.2 Å². The molecule has 0 aromatic heterocycles. The summed E-state index contributed by atoms with van der Waals surface area (Å²) in [4.78, 5) is 31.2. The van der Waals surface area contributed by atoms with Crippen LogP contribution in [-0.4, -0.2) is 42.8 Å². The van der Waals surface area contributed by atoms with Gasteiger partial charge in [0.15, 0.2) is 5.96 Å². The van der Waals surface area contributed by atoms with Gasteiger partial charge in [0.05, 0.1) is 11.8 Å². The average molecular weight is 393 g/mol. The van der Waals surface area contributed by atoms with Crippen LogP contribution in [0.4, 0.5) is 0 Å². The average Bonchev–Trinajstić information content (AvgIpc) is 3.50. The van der Waals surface area contributed by atoms with Crippen LogP contribution in [0, 0.1) is 23.7 Å². The van der Waals surface area contributed by atoms with Gasteiger partial charge >= 0.3 is 0 Å². The molecule has 1 saturated heterocycles. The molecule has 2 amide bonds. The molecule has 2 bridgehead atoms. The number of likely N-dealkylation sites (tertiary alicyclic amines) is 1. The second-order valence-electron chi connectivity index (χ2n) is 8.64. The van der Waals surface area contributed by atoms with Crippen molar-refractivity contribution in [3.63, 3.8) is 0 Å². The third-order valence-corrected chi connectivity index (χ3v) is 7.04. The number of amides is 2. The summed E-state index contributed by atoms with van der Waals surface area (Å²) in [7, 11) is 1.73. The molecule has 152 valence electrons. The number of hydrogen-bond acceptors (Lipinski definition) is 3. The van der Waals surface area contributed by atoms with Crippen molar-refractivity contribution in [2.75, 3.05) is 20.1 Å². The minimum Gasteiger partial charge on any atom is -0.355 e. The smallest absolute Gasteiger partial charge is 0.233 e. The molecular weight excluding hydrogens is 364 g/mol. The van der Waals surface area contributed by atoms with Gasteiger partial charge in [-0.25, -0.2) is 0 Å². The highest BCUT2D eigenvalue weighted by atomic mass is 16.2. The Bertz CT molecular complexity index is 876. The summed E-state index contributed by atoms with van der Waals surface area (Å²) in [5, 5.41) is 6.57. The minimum absolute atomic E-state index is 0.0136. The van der Waals surface area contributed by atoms with Crippen LogP contribution in [-0.2, 0) is 29.0 Å². The molecule has 2 fully saturated rings. The van der Waals surface area contributed by atoms with Gasteiger partial charge in [-0.3, -0.25) is 19.5 Å². The van der Waals surface area contributed by atoms with Crippen molar-refractivity contribution >= 4 is 17.8 Å². The van der Waals surface area contributed by atoms with E-state index < -0.39 is 0 Å². The van der Waals surface area contributed by atoms with Crippen molar-refractivity contribution in [1.82, 2.24) is 15.5 Å². The first-order valence-corrected chi connectivity index (χ1v) is 10.7. The summed E-state index contributed by atoms with van der Waals surface area (Å²) in [5.74, 6) is 1.01. The number of hydrogen-bond donors (Lipinski definition) is 2. The largest absolute Gasteiger partial charge is 0.355 e. The molecule has 2 N–H and O–H groups in total. The zero-order valence-corrected chi connectivity index (χ0v) is 16.9. The number of nitrogens with zero attached hydrogens (tertiary/aromatic N) is 2. The lowest BCUT2D eigenvalue weighted by atomic mass is 9.85. The van der Waals surface area contributed by atoms with Crippen molar-refractivity contribution in [1.29, 1.82) is 0 Å². The number of carbonyl (C=O) groups is 2. The van der Waals surface area contributed by atoms with Gasteiger partial charge in [-0.05, 0) is 54.2 Å². The van der Waals surface area contributed by atoms with Crippen LogP contribution < -0.4 is 10.6 Å². The van der Waals surface area contributed by atoms with Crippen molar-refractivity contribution < 1.29 is 9.59 Å². The lowest BCUT2D eigenvalue weighted by molar-refractivity contribution is -0.140. The molecule has 6 nitrogen and oxygen atoms in total. The molecule has 5 rings (SSSR count). The second-order valence-corrected chi connectivity index (χ2v) is 8.64. The highest BCUT2D eigenvalue weighted by Crippen LogP contribution is 2.52. The summed E-state index contributed by atoms with van der Waals surface area (Å²) in [6.07, 6.45) is 8.85. The molecule has 1 saturated carbocycles. The van der Waals surface area contributed by atoms with Gasteiger partial charge in [0.1, 0.15) is 0 Å². The molecule has 0 radical (unpaired) electrons. The fourth-order valence-corrected chi connectivity index (χ4v) is 5.61. The molecule has 1 heterocycles. The minimum atomic E-state index is -0.116. The Morgan fingerprint density at radius 3 is 2.52 bits per heavy atom. The van der Waals surface area contributed by atoms with E-state index in [1.807, 2.05) is 0 Å². The number of aryl methyl sites for hydroxylation is 2. The third kappa shape index (κ3) is 3.15. The third-order valence-electron chi connectivity index (χ3n) is 7.04. The van der Waals surface area contributed by atoms with Gasteiger partial charge in [-0.2, -0.15) is 0 Å². The van der Waals surface area contributed by atoms with Gasteiger partial charge in [-0.1, -0.05) is 30.4 Å². The van der Waals surface area contributed by atoms with Crippen LogP contribution in [0.1, 0.15) is 29.5 Å². The monoisotopic (exact) mass is 392 g/mol. The predicted molar refractivity (Wildman–Crippen MR) is 111 cm³/mol. The summed E-state index contributed by atoms with van der Waals surface area (Å²) in [6, 6.07) is 6.69. The number of guanidine groups is 1. The van der Waals surface area contributed by atoms with Gasteiger partial charge in [-0.15, -0.1) is 0 Å². The number of benzene rings is 1. The fraction of sp³-hybridized carbons (Fsp3) is 0.522. The Kier molecular flexibility index (Phi) is 4.64. The van der Waals surface area contributed by atoms with E-state index in [9.17, 15) is 9.59 Å². The van der Waals surface area contributed by atoms with Crippen molar-refractivity contribution in [2.24, 2.45) is 28.7 Å². The van der Waals surface area contributed by atoms with Gasteiger partial charge in [0.25, 0.3) is 0 Å². The maximum atomic E-state index is 12.7. The van der Waals surface area contributed by atoms with Crippen LogP contribution in [0.2, 0.25) is 0 Å². The highest BCUT2D eigenvalue weighted by molar-refractivity contribution is 6.06. The molecule has 0 spiro atoms. The summed E-state index contributed by atoms with van der Waals surface area (Å²) in [5.41, 5.74) is 4.19. The van der Waals surface area contributed by atoms with Crippen LogP contribution in [0.15, 0.2) is 35.3 Å². The van der Waals surface area contributed by atoms with Gasteiger partial charge < -0.3 is 10.6 Å². The normalized spacial score (nSPS) is 29.6. The van der Waals surface area contributed by atoms with Crippen LogP contribution in [0.5, 0.6) is 0 Å². The van der Waals surface area contributed by atoms with E-state index in [1.54, 1.807) is 7.05 Å². The van der Waals surface area contributed by atoms with Crippen LogP contribution in [0.3, 0.4) is 0 Å². The number of fused-ring (bicyclic) bond motifs is 6. The number of carbonyl (C=O) groups excluding carboxylic acids is 2. The van der Waals surface area contributed by atoms with Gasteiger partial charge in [0.2, 0.25) is 11.8 Å². The zero-order valence-electron chi connectivity index (χ0n) is 16.9. The molecule has 4 atom stereocenters. The fourth-order valence-electron chi connectivity index (χ4n) is 5.61. The molecule has 1 aromatic carbocycles. The van der Waals surface area contributed by atoms with Crippen LogP contribution in [0.25, 0.3) is 0 Å². The molecular formula is C23H28N4O2.